The number of hydrogen-bond acceptors (Lipinski definition) is 3. The smallest absolute Gasteiger partial charge is 0.170 e. The van der Waals surface area contributed by atoms with E-state index >= 15 is 0 Å². The van der Waals surface area contributed by atoms with Crippen molar-refractivity contribution >= 4 is 34.7 Å². The third kappa shape index (κ3) is 2.23. The zero-order chi connectivity index (χ0) is 14.3. The van der Waals surface area contributed by atoms with Crippen molar-refractivity contribution in [2.75, 3.05) is 5.73 Å². The van der Waals surface area contributed by atoms with E-state index in [1.807, 2.05) is 0 Å². The maximum absolute atomic E-state index is 12.2. The molecule has 2 aromatic carbocycles. The number of ether oxygens (including phenoxy) is 1. The van der Waals surface area contributed by atoms with E-state index < -0.39 is 6.10 Å². The first-order valence-electron chi connectivity index (χ1n) is 6.09. The molecule has 0 saturated heterocycles. The Labute approximate surface area is 126 Å². The van der Waals surface area contributed by atoms with E-state index in [1.165, 1.54) is 0 Å². The number of anilines is 1. The van der Waals surface area contributed by atoms with E-state index in [1.54, 1.807) is 36.4 Å². The first-order chi connectivity index (χ1) is 9.56. The van der Waals surface area contributed by atoms with Gasteiger partial charge in [0.05, 0.1) is 12.0 Å². The Bertz CT molecular complexity index is 680. The van der Waals surface area contributed by atoms with Crippen molar-refractivity contribution in [3.63, 3.8) is 0 Å². The van der Waals surface area contributed by atoms with Gasteiger partial charge in [0.1, 0.15) is 11.9 Å². The van der Waals surface area contributed by atoms with Crippen LogP contribution in [0.1, 0.15) is 28.4 Å². The highest BCUT2D eigenvalue weighted by molar-refractivity contribution is 6.36. The van der Waals surface area contributed by atoms with Crippen LogP contribution in [0.15, 0.2) is 36.4 Å². The lowest BCUT2D eigenvalue weighted by molar-refractivity contribution is 0.0850. The van der Waals surface area contributed by atoms with Gasteiger partial charge in [0.15, 0.2) is 5.78 Å². The van der Waals surface area contributed by atoms with Gasteiger partial charge in [-0.2, -0.15) is 0 Å². The molecule has 5 heteroatoms. The first-order valence-corrected chi connectivity index (χ1v) is 6.85. The third-order valence-corrected chi connectivity index (χ3v) is 3.93. The zero-order valence-electron chi connectivity index (χ0n) is 10.4. The number of rotatable bonds is 1. The van der Waals surface area contributed by atoms with Gasteiger partial charge >= 0.3 is 0 Å². The number of nitrogens with two attached hydrogens (primary N) is 1. The molecule has 3 nitrogen and oxygen atoms in total. The molecule has 3 rings (SSSR count). The fraction of sp³-hybridized carbons (Fsp3) is 0.133. The number of benzene rings is 2. The summed E-state index contributed by atoms with van der Waals surface area (Å²) in [4.78, 5) is 12.2. The molecule has 1 unspecified atom stereocenters. The van der Waals surface area contributed by atoms with Gasteiger partial charge in [0, 0.05) is 27.4 Å². The fourth-order valence-electron chi connectivity index (χ4n) is 2.32. The van der Waals surface area contributed by atoms with Gasteiger partial charge in [-0.1, -0.05) is 29.3 Å². The van der Waals surface area contributed by atoms with Gasteiger partial charge in [-0.3, -0.25) is 4.79 Å². The number of nitrogen functional groups attached to an aromatic ring is 1. The largest absolute Gasteiger partial charge is 0.484 e. The van der Waals surface area contributed by atoms with Crippen LogP contribution < -0.4 is 10.5 Å². The predicted molar refractivity (Wildman–Crippen MR) is 79.6 cm³/mol. The Balaban J connectivity index is 2.05. The Kier molecular flexibility index (Phi) is 3.32. The lowest BCUT2D eigenvalue weighted by atomic mass is 9.96. The summed E-state index contributed by atoms with van der Waals surface area (Å²) in [6.07, 6.45) is -0.279. The maximum atomic E-state index is 12.2. The number of carbonyl (C=O) groups excluding carboxylic acids is 1. The molecular formula is C15H11Cl2NO2. The Morgan fingerprint density at radius 1 is 1.15 bits per heavy atom. The molecule has 0 bridgehead atoms. The molecule has 0 aromatic heterocycles. The summed E-state index contributed by atoms with van der Waals surface area (Å²) in [7, 11) is 0. The number of ketones is 1. The minimum Gasteiger partial charge on any atom is -0.484 e. The Morgan fingerprint density at radius 3 is 2.55 bits per heavy atom. The highest BCUT2D eigenvalue weighted by Gasteiger charge is 2.30. The van der Waals surface area contributed by atoms with E-state index in [9.17, 15) is 4.79 Å². The quantitative estimate of drug-likeness (QED) is 0.800. The lowest BCUT2D eigenvalue weighted by Crippen LogP contribution is -2.21. The van der Waals surface area contributed by atoms with Crippen LogP contribution in [-0.4, -0.2) is 5.78 Å². The second-order valence-electron chi connectivity index (χ2n) is 4.62. The summed E-state index contributed by atoms with van der Waals surface area (Å²) in [5, 5.41) is 0.977. The Hall–Kier alpha value is -1.71. The van der Waals surface area contributed by atoms with Gasteiger partial charge in [-0.15, -0.1) is 0 Å². The minimum absolute atomic E-state index is 0.00719. The number of Topliss-reactive ketones (excluding diaryl/α,β-unsaturated/α-hetero) is 1. The lowest BCUT2D eigenvalue weighted by Gasteiger charge is -2.27. The minimum atomic E-state index is -0.488. The van der Waals surface area contributed by atoms with Crippen LogP contribution in [0.25, 0.3) is 0 Å². The first kappa shape index (κ1) is 13.3. The van der Waals surface area contributed by atoms with Crippen LogP contribution in [0.3, 0.4) is 0 Å². The molecule has 2 N–H and O–H groups in total. The summed E-state index contributed by atoms with van der Waals surface area (Å²) in [6, 6.07) is 10.2. The molecule has 0 fully saturated rings. The van der Waals surface area contributed by atoms with Crippen LogP contribution in [0, 0.1) is 0 Å². The highest BCUT2D eigenvalue weighted by Crippen LogP contribution is 2.40. The maximum Gasteiger partial charge on any atom is 0.170 e. The molecule has 0 saturated carbocycles. The number of halogens is 2. The molecule has 102 valence electrons. The monoisotopic (exact) mass is 307 g/mol. The highest BCUT2D eigenvalue weighted by atomic mass is 35.5. The van der Waals surface area contributed by atoms with Crippen LogP contribution in [-0.2, 0) is 0 Å². The second kappa shape index (κ2) is 5.00. The van der Waals surface area contributed by atoms with E-state index in [0.29, 0.717) is 32.6 Å². The predicted octanol–water partition coefficient (Wildman–Crippen LogP) is 4.28. The van der Waals surface area contributed by atoms with E-state index in [-0.39, 0.29) is 12.2 Å². The van der Waals surface area contributed by atoms with Crippen molar-refractivity contribution in [2.24, 2.45) is 0 Å². The molecule has 0 radical (unpaired) electrons. The zero-order valence-corrected chi connectivity index (χ0v) is 11.9. The molecule has 0 spiro atoms. The number of carbonyl (C=O) groups is 1. The van der Waals surface area contributed by atoms with Gasteiger partial charge in [-0.25, -0.2) is 0 Å². The average Bonchev–Trinajstić information content (AvgIpc) is 2.38. The van der Waals surface area contributed by atoms with Gasteiger partial charge in [0.25, 0.3) is 0 Å². The number of hydrogen-bond donors (Lipinski definition) is 1. The fourth-order valence-corrected chi connectivity index (χ4v) is 2.96. The molecule has 1 aliphatic heterocycles. The van der Waals surface area contributed by atoms with Crippen LogP contribution in [0.2, 0.25) is 10.0 Å². The summed E-state index contributed by atoms with van der Waals surface area (Å²) in [6.45, 7) is 0. The van der Waals surface area contributed by atoms with E-state index in [2.05, 4.69) is 0 Å². The van der Waals surface area contributed by atoms with E-state index in [4.69, 9.17) is 33.7 Å². The molecule has 20 heavy (non-hydrogen) atoms. The molecule has 2 aromatic rings. The SMILES string of the molecule is Nc1ccc2c(c1)OC(c1c(Cl)cccc1Cl)CC2=O. The average molecular weight is 308 g/mol. The second-order valence-corrected chi connectivity index (χ2v) is 5.44. The van der Waals surface area contributed by atoms with Crippen molar-refractivity contribution < 1.29 is 9.53 Å². The van der Waals surface area contributed by atoms with Crippen molar-refractivity contribution in [1.82, 2.24) is 0 Å². The normalized spacial score (nSPS) is 17.5. The van der Waals surface area contributed by atoms with Crippen LogP contribution >= 0.6 is 23.2 Å². The van der Waals surface area contributed by atoms with Crippen LogP contribution in [0.5, 0.6) is 5.75 Å². The van der Waals surface area contributed by atoms with Gasteiger partial charge in [-0.05, 0) is 24.3 Å². The molecular weight excluding hydrogens is 297 g/mol. The molecule has 1 heterocycles. The molecule has 0 amide bonds. The van der Waals surface area contributed by atoms with Crippen molar-refractivity contribution in [3.05, 3.63) is 57.6 Å². The summed E-state index contributed by atoms with van der Waals surface area (Å²) >= 11 is 12.3. The molecule has 0 aliphatic carbocycles. The van der Waals surface area contributed by atoms with E-state index in [0.717, 1.165) is 0 Å². The Morgan fingerprint density at radius 2 is 1.85 bits per heavy atom. The standard InChI is InChI=1S/C15H11Cl2NO2/c16-10-2-1-3-11(17)15(10)14-7-12(19)9-5-4-8(18)6-13(9)20-14/h1-6,14H,7,18H2. The van der Waals surface area contributed by atoms with Gasteiger partial charge < -0.3 is 10.5 Å². The van der Waals surface area contributed by atoms with Crippen LogP contribution in [0.4, 0.5) is 5.69 Å². The molecule has 1 aliphatic rings. The van der Waals surface area contributed by atoms with Crippen molar-refractivity contribution in [1.29, 1.82) is 0 Å². The summed E-state index contributed by atoms with van der Waals surface area (Å²) < 4.78 is 5.86. The summed E-state index contributed by atoms with van der Waals surface area (Å²) in [5.41, 5.74) is 7.45. The third-order valence-electron chi connectivity index (χ3n) is 3.27. The topological polar surface area (TPSA) is 52.3 Å². The molecule has 1 atom stereocenters. The number of fused-ring (bicyclic) bond motifs is 1. The summed E-state index contributed by atoms with van der Waals surface area (Å²) in [5.74, 6) is 0.467. The van der Waals surface area contributed by atoms with Crippen molar-refractivity contribution in [2.45, 2.75) is 12.5 Å². The van der Waals surface area contributed by atoms with Gasteiger partial charge in [0.2, 0.25) is 0 Å². The van der Waals surface area contributed by atoms with Crippen molar-refractivity contribution in [3.8, 4) is 5.75 Å².